The molecular weight excluding hydrogens is 148 g/mol. The third-order valence-corrected chi connectivity index (χ3v) is 3.84. The third kappa shape index (κ3) is 1.93. The molecule has 1 aromatic rings. The maximum atomic E-state index is 5.84. The first-order valence-corrected chi connectivity index (χ1v) is 7.37. The second-order valence-electron chi connectivity index (χ2n) is 3.84. The van der Waals surface area contributed by atoms with E-state index in [2.05, 4.69) is 31.8 Å². The molecule has 0 aliphatic rings. The zero-order valence-corrected chi connectivity index (χ0v) is 8.39. The van der Waals surface area contributed by atoms with Gasteiger partial charge in [-0.15, -0.1) is 0 Å². The van der Waals surface area contributed by atoms with E-state index in [9.17, 15) is 0 Å². The van der Waals surface area contributed by atoms with Crippen LogP contribution in [0.3, 0.4) is 0 Å². The minimum atomic E-state index is -1.20. The Morgan fingerprint density at radius 1 is 1.09 bits per heavy atom. The lowest BCUT2D eigenvalue weighted by molar-refractivity contribution is 1.61. The molecule has 0 spiro atoms. The summed E-state index contributed by atoms with van der Waals surface area (Å²) in [6, 6.07) is 8.16. The summed E-state index contributed by atoms with van der Waals surface area (Å²) < 4.78 is 0. The van der Waals surface area contributed by atoms with Gasteiger partial charge in [-0.1, -0.05) is 49.1 Å². The van der Waals surface area contributed by atoms with Crippen LogP contribution in [0.5, 0.6) is 0 Å². The first kappa shape index (κ1) is 8.53. The normalized spacial score (nSPS) is 11.6. The number of hydrogen-bond acceptors (Lipinski definition) is 0. The van der Waals surface area contributed by atoms with Gasteiger partial charge in [-0.05, 0) is 12.5 Å². The second kappa shape index (κ2) is 2.82. The van der Waals surface area contributed by atoms with Crippen molar-refractivity contribution in [3.05, 3.63) is 36.8 Å². The molecule has 0 amide bonds. The lowest BCUT2D eigenvalue weighted by Gasteiger charge is -2.18. The van der Waals surface area contributed by atoms with Crippen LogP contribution in [0.25, 0.3) is 0 Å². The van der Waals surface area contributed by atoms with E-state index in [-0.39, 0.29) is 0 Å². The summed E-state index contributed by atoms with van der Waals surface area (Å²) in [5, 5.41) is 1.36. The van der Waals surface area contributed by atoms with Gasteiger partial charge in [0, 0.05) is 0 Å². The van der Waals surface area contributed by atoms with Gasteiger partial charge in [0.1, 0.15) is 0 Å². The Labute approximate surface area is 70.3 Å². The molecule has 0 fully saturated rings. The minimum absolute atomic E-state index is 0.951. The molecule has 58 valence electrons. The molecule has 0 aromatic heterocycles. The van der Waals surface area contributed by atoms with Gasteiger partial charge in [0.15, 0.2) is 0 Å². The zero-order chi connectivity index (χ0) is 8.48. The van der Waals surface area contributed by atoms with Crippen LogP contribution < -0.4 is 5.19 Å². The lowest BCUT2D eigenvalue weighted by atomic mass is 10.2. The van der Waals surface area contributed by atoms with Crippen LogP contribution in [0.4, 0.5) is 0 Å². The molecule has 0 aliphatic heterocycles. The third-order valence-electron chi connectivity index (χ3n) is 1.77. The van der Waals surface area contributed by atoms with Crippen LogP contribution >= 0.6 is 0 Å². The van der Waals surface area contributed by atoms with Gasteiger partial charge in [-0.2, -0.15) is 0 Å². The largest absolute Gasteiger partial charge is 0.0779 e. The summed E-state index contributed by atoms with van der Waals surface area (Å²) in [5.74, 6) is 0. The highest BCUT2D eigenvalue weighted by atomic mass is 28.3. The molecule has 0 saturated heterocycles. The van der Waals surface area contributed by atoms with Gasteiger partial charge in [0.25, 0.3) is 0 Å². The van der Waals surface area contributed by atoms with Gasteiger partial charge < -0.3 is 0 Å². The second-order valence-corrected chi connectivity index (χ2v) is 8.88. The number of rotatable bonds is 1. The van der Waals surface area contributed by atoms with Crippen molar-refractivity contribution in [1.29, 1.82) is 0 Å². The van der Waals surface area contributed by atoms with E-state index in [0.29, 0.717) is 0 Å². The lowest BCUT2D eigenvalue weighted by Crippen LogP contribution is -2.39. The molecule has 0 aliphatic carbocycles. The SMILES string of the molecule is [CH]c1ccccc1[Si](C)(C)C. The van der Waals surface area contributed by atoms with E-state index < -0.39 is 8.07 Å². The summed E-state index contributed by atoms with van der Waals surface area (Å²) in [6.07, 6.45) is 0. The molecular formula is C10H14Si. The smallest absolute Gasteiger partial charge is 0.0656 e. The average molecular weight is 162 g/mol. The number of benzene rings is 1. The van der Waals surface area contributed by atoms with Crippen molar-refractivity contribution in [2.45, 2.75) is 19.6 Å². The topological polar surface area (TPSA) is 0 Å². The maximum Gasteiger partial charge on any atom is 0.0779 e. The Morgan fingerprint density at radius 3 is 2.00 bits per heavy atom. The molecule has 0 bridgehead atoms. The van der Waals surface area contributed by atoms with E-state index >= 15 is 0 Å². The van der Waals surface area contributed by atoms with Crippen molar-refractivity contribution >= 4 is 13.3 Å². The monoisotopic (exact) mass is 162 g/mol. The minimum Gasteiger partial charge on any atom is -0.0656 e. The predicted octanol–water partition coefficient (Wildman–Crippen LogP) is 2.29. The van der Waals surface area contributed by atoms with Crippen LogP contribution in [0, 0.1) is 6.92 Å². The molecule has 1 rings (SSSR count). The fourth-order valence-electron chi connectivity index (χ4n) is 1.18. The Morgan fingerprint density at radius 2 is 1.64 bits per heavy atom. The Balaban J connectivity index is 3.14. The summed E-state index contributed by atoms with van der Waals surface area (Å²) in [4.78, 5) is 0. The van der Waals surface area contributed by atoms with Crippen LogP contribution in [-0.4, -0.2) is 8.07 Å². The summed E-state index contributed by atoms with van der Waals surface area (Å²) in [7, 11) is -1.20. The van der Waals surface area contributed by atoms with Crippen LogP contribution in [0.2, 0.25) is 19.6 Å². The highest BCUT2D eigenvalue weighted by molar-refractivity contribution is 6.89. The van der Waals surface area contributed by atoms with E-state index in [0.717, 1.165) is 5.56 Å². The van der Waals surface area contributed by atoms with Crippen molar-refractivity contribution < 1.29 is 0 Å². The van der Waals surface area contributed by atoms with Gasteiger partial charge >= 0.3 is 0 Å². The number of hydrogen-bond donors (Lipinski definition) is 0. The molecule has 0 N–H and O–H groups in total. The highest BCUT2D eigenvalue weighted by Gasteiger charge is 2.17. The molecule has 0 saturated carbocycles. The van der Waals surface area contributed by atoms with E-state index in [1.54, 1.807) is 0 Å². The average Bonchev–Trinajstić information content (AvgIpc) is 1.86. The molecule has 2 radical (unpaired) electrons. The molecule has 0 atom stereocenters. The molecule has 0 unspecified atom stereocenters. The summed E-state index contributed by atoms with van der Waals surface area (Å²) in [6.45, 7) is 12.8. The van der Waals surface area contributed by atoms with Crippen molar-refractivity contribution in [1.82, 2.24) is 0 Å². The van der Waals surface area contributed by atoms with Crippen molar-refractivity contribution in [3.8, 4) is 0 Å². The molecule has 1 aromatic carbocycles. The highest BCUT2D eigenvalue weighted by Crippen LogP contribution is 2.05. The van der Waals surface area contributed by atoms with Gasteiger partial charge in [0.2, 0.25) is 0 Å². The predicted molar refractivity (Wildman–Crippen MR) is 52.8 cm³/mol. The Kier molecular flexibility index (Phi) is 2.19. The first-order chi connectivity index (χ1) is 5.02. The van der Waals surface area contributed by atoms with E-state index in [4.69, 9.17) is 6.92 Å². The van der Waals surface area contributed by atoms with E-state index in [1.165, 1.54) is 5.19 Å². The first-order valence-electron chi connectivity index (χ1n) is 3.87. The van der Waals surface area contributed by atoms with Crippen LogP contribution in [0.15, 0.2) is 24.3 Å². The maximum absolute atomic E-state index is 5.84. The van der Waals surface area contributed by atoms with Crippen LogP contribution in [0.1, 0.15) is 5.56 Å². The van der Waals surface area contributed by atoms with Gasteiger partial charge in [0.05, 0.1) is 8.07 Å². The molecule has 11 heavy (non-hydrogen) atoms. The zero-order valence-electron chi connectivity index (χ0n) is 7.39. The quantitative estimate of drug-likeness (QED) is 0.556. The van der Waals surface area contributed by atoms with Crippen molar-refractivity contribution in [3.63, 3.8) is 0 Å². The van der Waals surface area contributed by atoms with E-state index in [1.807, 2.05) is 12.1 Å². The fraction of sp³-hybridized carbons (Fsp3) is 0.300. The Hall–Kier alpha value is -0.563. The van der Waals surface area contributed by atoms with Gasteiger partial charge in [-0.3, -0.25) is 0 Å². The summed E-state index contributed by atoms with van der Waals surface area (Å²) >= 11 is 0. The molecule has 0 heterocycles. The summed E-state index contributed by atoms with van der Waals surface area (Å²) in [5.41, 5.74) is 0.951. The Bertz CT molecular complexity index is 245. The van der Waals surface area contributed by atoms with Crippen molar-refractivity contribution in [2.24, 2.45) is 0 Å². The van der Waals surface area contributed by atoms with Crippen molar-refractivity contribution in [2.75, 3.05) is 0 Å². The van der Waals surface area contributed by atoms with Gasteiger partial charge in [-0.25, -0.2) is 0 Å². The standard InChI is InChI=1S/C10H14Si/c1-9-7-5-6-8-10(9)11(2,3)4/h1,5-8H,2-4H3. The molecule has 1 heteroatoms. The van der Waals surface area contributed by atoms with Crippen LogP contribution in [-0.2, 0) is 0 Å². The fourth-order valence-corrected chi connectivity index (χ4v) is 2.73. The molecule has 0 nitrogen and oxygen atoms in total.